The minimum Gasteiger partial charge on any atom is -0.394 e. The predicted octanol–water partition coefficient (Wildman–Crippen LogP) is 0.624. The van der Waals surface area contributed by atoms with Gasteiger partial charge in [0.15, 0.2) is 0 Å². The zero-order valence-corrected chi connectivity index (χ0v) is 10.0. The number of carbonyl (C=O) groups excluding carboxylic acids is 1. The molecule has 3 N–H and O–H groups in total. The van der Waals surface area contributed by atoms with Crippen molar-refractivity contribution in [2.75, 3.05) is 13.2 Å². The fourth-order valence-corrected chi connectivity index (χ4v) is 1.80. The van der Waals surface area contributed by atoms with Crippen LogP contribution in [0.15, 0.2) is 0 Å². The quantitative estimate of drug-likeness (QED) is 0.648. The van der Waals surface area contributed by atoms with E-state index in [0.29, 0.717) is 0 Å². The van der Waals surface area contributed by atoms with Crippen molar-refractivity contribution in [1.29, 1.82) is 0 Å². The Morgan fingerprint density at radius 1 is 1.56 bits per heavy atom. The number of nitrogens with one attached hydrogen (secondary N) is 2. The Balaban J connectivity index is 2.26. The smallest absolute Gasteiger partial charge is 0.315 e. The molecule has 5 nitrogen and oxygen atoms in total. The number of hydrogen-bond donors (Lipinski definition) is 3. The molecule has 94 valence electrons. The average Bonchev–Trinajstić information content (AvgIpc) is 2.79. The average molecular weight is 230 g/mol. The third-order valence-corrected chi connectivity index (χ3v) is 2.93. The molecule has 5 heteroatoms. The van der Waals surface area contributed by atoms with Gasteiger partial charge in [-0.25, -0.2) is 4.79 Å². The standard InChI is InChI=1S/C11H22N2O3/c1-3-9(7-14)13-11(15)12-8(2)10-5-4-6-16-10/h8-10,14H,3-7H2,1-2H3,(H2,12,13,15). The molecule has 16 heavy (non-hydrogen) atoms. The van der Waals surface area contributed by atoms with Crippen LogP contribution in [0.5, 0.6) is 0 Å². The molecule has 0 bridgehead atoms. The van der Waals surface area contributed by atoms with Gasteiger partial charge in [0.1, 0.15) is 0 Å². The third-order valence-electron chi connectivity index (χ3n) is 2.93. The van der Waals surface area contributed by atoms with Crippen LogP contribution in [-0.2, 0) is 4.74 Å². The summed E-state index contributed by atoms with van der Waals surface area (Å²) in [6.45, 7) is 4.62. The first-order valence-electron chi connectivity index (χ1n) is 5.96. The first kappa shape index (κ1) is 13.3. The van der Waals surface area contributed by atoms with E-state index in [0.717, 1.165) is 25.9 Å². The third kappa shape index (κ3) is 3.98. The number of ether oxygens (including phenoxy) is 1. The Bertz CT molecular complexity index is 213. The first-order valence-corrected chi connectivity index (χ1v) is 5.96. The minimum absolute atomic E-state index is 0.0127. The summed E-state index contributed by atoms with van der Waals surface area (Å²) in [7, 11) is 0. The summed E-state index contributed by atoms with van der Waals surface area (Å²) < 4.78 is 5.48. The topological polar surface area (TPSA) is 70.6 Å². The second kappa shape index (κ2) is 6.70. The highest BCUT2D eigenvalue weighted by molar-refractivity contribution is 5.74. The highest BCUT2D eigenvalue weighted by Gasteiger charge is 2.23. The number of aliphatic hydroxyl groups excluding tert-OH is 1. The molecule has 0 radical (unpaired) electrons. The molecular weight excluding hydrogens is 208 g/mol. The molecule has 3 unspecified atom stereocenters. The fraction of sp³-hybridized carbons (Fsp3) is 0.909. The van der Waals surface area contributed by atoms with Crippen molar-refractivity contribution in [1.82, 2.24) is 10.6 Å². The summed E-state index contributed by atoms with van der Waals surface area (Å²) >= 11 is 0. The van der Waals surface area contributed by atoms with E-state index in [1.54, 1.807) is 0 Å². The van der Waals surface area contributed by atoms with Crippen molar-refractivity contribution >= 4 is 6.03 Å². The second-order valence-corrected chi connectivity index (χ2v) is 4.25. The number of hydrogen-bond acceptors (Lipinski definition) is 3. The van der Waals surface area contributed by atoms with Gasteiger partial charge in [-0.2, -0.15) is 0 Å². The van der Waals surface area contributed by atoms with Gasteiger partial charge in [-0.05, 0) is 26.2 Å². The van der Waals surface area contributed by atoms with Gasteiger partial charge in [0.2, 0.25) is 0 Å². The van der Waals surface area contributed by atoms with E-state index in [9.17, 15) is 4.79 Å². The molecule has 3 atom stereocenters. The zero-order chi connectivity index (χ0) is 12.0. The molecule has 0 aromatic carbocycles. The van der Waals surface area contributed by atoms with Gasteiger partial charge in [0.25, 0.3) is 0 Å². The summed E-state index contributed by atoms with van der Waals surface area (Å²) in [6, 6.07) is -0.390. The van der Waals surface area contributed by atoms with Gasteiger partial charge in [-0.1, -0.05) is 6.92 Å². The van der Waals surface area contributed by atoms with Crippen LogP contribution >= 0.6 is 0 Å². The Morgan fingerprint density at radius 3 is 2.81 bits per heavy atom. The molecule has 1 fully saturated rings. The van der Waals surface area contributed by atoms with Crippen LogP contribution in [0.1, 0.15) is 33.1 Å². The molecule has 1 saturated heterocycles. The van der Waals surface area contributed by atoms with Crippen molar-refractivity contribution in [3.8, 4) is 0 Å². The lowest BCUT2D eigenvalue weighted by Crippen LogP contribution is -2.49. The molecule has 0 aromatic heterocycles. The van der Waals surface area contributed by atoms with Gasteiger partial charge >= 0.3 is 6.03 Å². The lowest BCUT2D eigenvalue weighted by Gasteiger charge is -2.22. The van der Waals surface area contributed by atoms with Crippen LogP contribution in [-0.4, -0.2) is 42.5 Å². The van der Waals surface area contributed by atoms with Crippen molar-refractivity contribution in [3.63, 3.8) is 0 Å². The van der Waals surface area contributed by atoms with Gasteiger partial charge in [0, 0.05) is 6.61 Å². The number of aliphatic hydroxyl groups is 1. The van der Waals surface area contributed by atoms with Crippen molar-refractivity contribution in [2.24, 2.45) is 0 Å². The number of urea groups is 1. The Hall–Kier alpha value is -0.810. The van der Waals surface area contributed by atoms with Gasteiger partial charge < -0.3 is 20.5 Å². The highest BCUT2D eigenvalue weighted by atomic mass is 16.5. The minimum atomic E-state index is -0.232. The number of rotatable bonds is 5. The first-order chi connectivity index (χ1) is 7.67. The summed E-state index contributed by atoms with van der Waals surface area (Å²) in [5.41, 5.74) is 0. The van der Waals surface area contributed by atoms with Crippen LogP contribution in [0.25, 0.3) is 0 Å². The lowest BCUT2D eigenvalue weighted by atomic mass is 10.1. The largest absolute Gasteiger partial charge is 0.394 e. The maximum atomic E-state index is 11.5. The molecule has 0 spiro atoms. The van der Waals surface area contributed by atoms with Crippen molar-refractivity contribution in [3.05, 3.63) is 0 Å². The number of amides is 2. The zero-order valence-electron chi connectivity index (χ0n) is 10.0. The molecule has 2 amide bonds. The normalized spacial score (nSPS) is 23.8. The van der Waals surface area contributed by atoms with E-state index >= 15 is 0 Å². The van der Waals surface area contributed by atoms with Crippen LogP contribution in [0.2, 0.25) is 0 Å². The molecule has 1 heterocycles. The summed E-state index contributed by atoms with van der Waals surface area (Å²) in [5.74, 6) is 0. The SMILES string of the molecule is CCC(CO)NC(=O)NC(C)C1CCCO1. The molecule has 1 rings (SSSR count). The summed E-state index contributed by atoms with van der Waals surface area (Å²) in [5, 5.41) is 14.5. The van der Waals surface area contributed by atoms with Gasteiger partial charge in [-0.3, -0.25) is 0 Å². The molecule has 0 aliphatic carbocycles. The van der Waals surface area contributed by atoms with Gasteiger partial charge in [0.05, 0.1) is 24.8 Å². The van der Waals surface area contributed by atoms with E-state index in [1.807, 2.05) is 13.8 Å². The van der Waals surface area contributed by atoms with Crippen LogP contribution < -0.4 is 10.6 Å². The van der Waals surface area contributed by atoms with Crippen LogP contribution in [0.4, 0.5) is 4.79 Å². The highest BCUT2D eigenvalue weighted by Crippen LogP contribution is 2.15. The fourth-order valence-electron chi connectivity index (χ4n) is 1.80. The van der Waals surface area contributed by atoms with Crippen molar-refractivity contribution < 1.29 is 14.6 Å². The maximum Gasteiger partial charge on any atom is 0.315 e. The molecule has 1 aliphatic rings. The Morgan fingerprint density at radius 2 is 2.31 bits per heavy atom. The molecule has 0 aromatic rings. The second-order valence-electron chi connectivity index (χ2n) is 4.25. The number of carbonyl (C=O) groups is 1. The van der Waals surface area contributed by atoms with Crippen LogP contribution in [0.3, 0.4) is 0 Å². The molecule has 1 aliphatic heterocycles. The monoisotopic (exact) mass is 230 g/mol. The predicted molar refractivity (Wildman–Crippen MR) is 61.3 cm³/mol. The van der Waals surface area contributed by atoms with E-state index in [1.165, 1.54) is 0 Å². The van der Waals surface area contributed by atoms with Gasteiger partial charge in [-0.15, -0.1) is 0 Å². The van der Waals surface area contributed by atoms with Crippen LogP contribution in [0, 0.1) is 0 Å². The van der Waals surface area contributed by atoms with Crippen molar-refractivity contribution in [2.45, 2.75) is 51.3 Å². The van der Waals surface area contributed by atoms with E-state index in [-0.39, 0.29) is 30.8 Å². The maximum absolute atomic E-state index is 11.5. The van der Waals surface area contributed by atoms with E-state index in [4.69, 9.17) is 9.84 Å². The Labute approximate surface area is 96.6 Å². The summed E-state index contributed by atoms with van der Waals surface area (Å²) in [6.07, 6.45) is 2.91. The van der Waals surface area contributed by atoms with E-state index in [2.05, 4.69) is 10.6 Å². The molecule has 0 saturated carbocycles. The van der Waals surface area contributed by atoms with E-state index < -0.39 is 0 Å². The summed E-state index contributed by atoms with van der Waals surface area (Å²) in [4.78, 5) is 11.5. The molecular formula is C11H22N2O3. The lowest BCUT2D eigenvalue weighted by molar-refractivity contribution is 0.0856. The Kier molecular flexibility index (Phi) is 5.55.